The molecule has 1 amide bonds. The summed E-state index contributed by atoms with van der Waals surface area (Å²) in [4.78, 5) is 31.2. The van der Waals surface area contributed by atoms with Crippen molar-refractivity contribution < 1.29 is 9.53 Å². The molecular formula is C30H31ClN4O3. The fourth-order valence-electron chi connectivity index (χ4n) is 4.91. The number of methoxy groups -OCH3 is 1. The number of anilines is 1. The molecule has 0 radical (unpaired) electrons. The molecular weight excluding hydrogens is 500 g/mol. The molecule has 7 nitrogen and oxygen atoms in total. The molecule has 3 aromatic carbocycles. The van der Waals surface area contributed by atoms with E-state index in [0.717, 1.165) is 49.9 Å². The van der Waals surface area contributed by atoms with Crippen molar-refractivity contribution in [3.63, 3.8) is 0 Å². The Bertz CT molecular complexity index is 1480. The molecule has 4 aromatic rings. The maximum atomic E-state index is 13.3. The second kappa shape index (κ2) is 11.7. The number of amides is 1. The number of rotatable bonds is 8. The fourth-order valence-corrected chi connectivity index (χ4v) is 5.09. The van der Waals surface area contributed by atoms with Gasteiger partial charge in [0.1, 0.15) is 5.75 Å². The van der Waals surface area contributed by atoms with E-state index >= 15 is 0 Å². The summed E-state index contributed by atoms with van der Waals surface area (Å²) in [5, 5.41) is 4.98. The van der Waals surface area contributed by atoms with Gasteiger partial charge in [-0.2, -0.15) is 0 Å². The summed E-state index contributed by atoms with van der Waals surface area (Å²) in [7, 11) is 1.60. The highest BCUT2D eigenvalue weighted by Gasteiger charge is 2.18. The van der Waals surface area contributed by atoms with Crippen molar-refractivity contribution in [2.75, 3.05) is 51.3 Å². The van der Waals surface area contributed by atoms with Gasteiger partial charge < -0.3 is 15.0 Å². The van der Waals surface area contributed by atoms with Gasteiger partial charge in [-0.25, -0.2) is 0 Å². The smallest absolute Gasteiger partial charge is 0.262 e. The largest absolute Gasteiger partial charge is 0.497 e. The molecule has 0 atom stereocenters. The van der Waals surface area contributed by atoms with Gasteiger partial charge in [0, 0.05) is 66.1 Å². The Balaban J connectivity index is 1.21. The van der Waals surface area contributed by atoms with Gasteiger partial charge >= 0.3 is 0 Å². The Morgan fingerprint density at radius 2 is 1.66 bits per heavy atom. The normalized spacial score (nSPS) is 14.0. The van der Waals surface area contributed by atoms with Gasteiger partial charge in [0.15, 0.2) is 0 Å². The first-order chi connectivity index (χ1) is 18.5. The van der Waals surface area contributed by atoms with E-state index in [1.165, 1.54) is 4.57 Å². The average Bonchev–Trinajstić information content (AvgIpc) is 2.96. The summed E-state index contributed by atoms with van der Waals surface area (Å²) >= 11 is 6.14. The number of hydrogen-bond donors (Lipinski definition) is 1. The number of carbonyl (C=O) groups excluding carboxylic acids is 1. The lowest BCUT2D eigenvalue weighted by Crippen LogP contribution is -2.47. The van der Waals surface area contributed by atoms with Crippen molar-refractivity contribution >= 4 is 34.0 Å². The van der Waals surface area contributed by atoms with Crippen LogP contribution in [-0.2, 0) is 0 Å². The summed E-state index contributed by atoms with van der Waals surface area (Å²) in [6, 6.07) is 22.4. The lowest BCUT2D eigenvalue weighted by Gasteiger charge is -2.36. The predicted octanol–water partition coefficient (Wildman–Crippen LogP) is 4.59. The summed E-state index contributed by atoms with van der Waals surface area (Å²) in [6.07, 6.45) is 2.48. The molecule has 0 saturated carbocycles. The number of nitrogens with one attached hydrogen (secondary N) is 1. The summed E-state index contributed by atoms with van der Waals surface area (Å²) < 4.78 is 6.76. The molecule has 0 unspecified atom stereocenters. The molecule has 1 saturated heterocycles. The number of halogens is 1. The first kappa shape index (κ1) is 25.8. The molecule has 0 bridgehead atoms. The molecule has 0 spiro atoms. The van der Waals surface area contributed by atoms with Crippen molar-refractivity contribution in [1.29, 1.82) is 0 Å². The van der Waals surface area contributed by atoms with Crippen molar-refractivity contribution in [2.45, 2.75) is 6.42 Å². The van der Waals surface area contributed by atoms with Gasteiger partial charge in [0.25, 0.3) is 11.5 Å². The Kier molecular flexibility index (Phi) is 7.96. The summed E-state index contributed by atoms with van der Waals surface area (Å²) in [5.41, 5.74) is 2.14. The van der Waals surface area contributed by atoms with E-state index in [1.807, 2.05) is 48.5 Å². The van der Waals surface area contributed by atoms with Crippen LogP contribution in [0.25, 0.3) is 16.5 Å². The molecule has 5 rings (SSSR count). The van der Waals surface area contributed by atoms with E-state index in [-0.39, 0.29) is 11.5 Å². The molecule has 196 valence electrons. The van der Waals surface area contributed by atoms with E-state index in [9.17, 15) is 9.59 Å². The predicted molar refractivity (Wildman–Crippen MR) is 153 cm³/mol. The van der Waals surface area contributed by atoms with Crippen LogP contribution >= 0.6 is 11.6 Å². The van der Waals surface area contributed by atoms with Gasteiger partial charge in [-0.1, -0.05) is 35.9 Å². The number of benzene rings is 3. The molecule has 1 N–H and O–H groups in total. The van der Waals surface area contributed by atoms with Gasteiger partial charge in [0.2, 0.25) is 0 Å². The highest BCUT2D eigenvalue weighted by molar-refractivity contribution is 6.30. The SMILES string of the molecule is COc1ccc(-n2cc(C(=O)NCCCN3CCN(c4cccc(Cl)c4)CC3)c3ccccc3c2=O)cc1. The number of fused-ring (bicyclic) bond motifs is 1. The number of carbonyl (C=O) groups is 1. The molecule has 1 aromatic heterocycles. The van der Waals surface area contributed by atoms with Gasteiger partial charge in [-0.3, -0.25) is 19.1 Å². The number of ether oxygens (including phenoxy) is 1. The number of pyridine rings is 1. The summed E-state index contributed by atoms with van der Waals surface area (Å²) in [6.45, 7) is 5.31. The maximum Gasteiger partial charge on any atom is 0.262 e. The van der Waals surface area contributed by atoms with Crippen molar-refractivity contribution in [3.8, 4) is 11.4 Å². The molecule has 1 fully saturated rings. The van der Waals surface area contributed by atoms with Crippen LogP contribution in [0.5, 0.6) is 5.75 Å². The Morgan fingerprint density at radius 1 is 0.921 bits per heavy atom. The minimum atomic E-state index is -0.186. The number of nitrogens with zero attached hydrogens (tertiary/aromatic N) is 3. The van der Waals surface area contributed by atoms with E-state index in [2.05, 4.69) is 21.2 Å². The van der Waals surface area contributed by atoms with Crippen LogP contribution in [0.15, 0.2) is 83.8 Å². The van der Waals surface area contributed by atoms with Gasteiger partial charge in [0.05, 0.1) is 12.7 Å². The minimum Gasteiger partial charge on any atom is -0.497 e. The zero-order chi connectivity index (χ0) is 26.5. The Hall–Kier alpha value is -3.81. The second-order valence-electron chi connectivity index (χ2n) is 9.38. The highest BCUT2D eigenvalue weighted by atomic mass is 35.5. The molecule has 8 heteroatoms. The monoisotopic (exact) mass is 530 g/mol. The van der Waals surface area contributed by atoms with Crippen LogP contribution in [0.4, 0.5) is 5.69 Å². The molecule has 1 aliphatic rings. The summed E-state index contributed by atoms with van der Waals surface area (Å²) in [5.74, 6) is 0.515. The third-order valence-electron chi connectivity index (χ3n) is 7.00. The van der Waals surface area contributed by atoms with Crippen LogP contribution in [0.2, 0.25) is 5.02 Å². The van der Waals surface area contributed by atoms with E-state index < -0.39 is 0 Å². The van der Waals surface area contributed by atoms with Crippen LogP contribution < -0.4 is 20.5 Å². The molecule has 1 aliphatic heterocycles. The molecule has 0 aliphatic carbocycles. The van der Waals surface area contributed by atoms with Gasteiger partial charge in [-0.05, 0) is 61.5 Å². The minimum absolute atomic E-state index is 0.167. The maximum absolute atomic E-state index is 13.3. The van der Waals surface area contributed by atoms with Crippen molar-refractivity contribution in [2.24, 2.45) is 0 Å². The fraction of sp³-hybridized carbons (Fsp3) is 0.267. The van der Waals surface area contributed by atoms with Crippen LogP contribution in [0.3, 0.4) is 0 Å². The lowest BCUT2D eigenvalue weighted by molar-refractivity contribution is 0.0952. The Morgan fingerprint density at radius 3 is 2.37 bits per heavy atom. The average molecular weight is 531 g/mol. The third kappa shape index (κ3) is 5.69. The zero-order valence-corrected chi connectivity index (χ0v) is 22.2. The third-order valence-corrected chi connectivity index (χ3v) is 7.24. The zero-order valence-electron chi connectivity index (χ0n) is 21.4. The quantitative estimate of drug-likeness (QED) is 0.337. The van der Waals surface area contributed by atoms with Gasteiger partial charge in [-0.15, -0.1) is 0 Å². The highest BCUT2D eigenvalue weighted by Crippen LogP contribution is 2.21. The molecule has 2 heterocycles. The van der Waals surface area contributed by atoms with Crippen LogP contribution in [0.1, 0.15) is 16.8 Å². The Labute approximate surface area is 227 Å². The standard InChI is InChI=1S/C30H31ClN4O3/c1-38-25-12-10-23(11-13-25)35-21-28(26-8-2-3-9-27(26)30(35)37)29(36)32-14-5-15-33-16-18-34(19-17-33)24-7-4-6-22(31)20-24/h2-4,6-13,20-21H,5,14-19H2,1H3,(H,32,36). The first-order valence-corrected chi connectivity index (χ1v) is 13.2. The second-order valence-corrected chi connectivity index (χ2v) is 9.82. The van der Waals surface area contributed by atoms with E-state index in [0.29, 0.717) is 34.3 Å². The lowest BCUT2D eigenvalue weighted by atomic mass is 10.1. The molecule has 38 heavy (non-hydrogen) atoms. The number of aromatic nitrogens is 1. The van der Waals surface area contributed by atoms with E-state index in [4.69, 9.17) is 16.3 Å². The van der Waals surface area contributed by atoms with Crippen molar-refractivity contribution in [3.05, 3.63) is 99.9 Å². The van der Waals surface area contributed by atoms with Crippen LogP contribution in [-0.4, -0.2) is 61.8 Å². The van der Waals surface area contributed by atoms with Crippen molar-refractivity contribution in [1.82, 2.24) is 14.8 Å². The van der Waals surface area contributed by atoms with E-state index in [1.54, 1.807) is 31.5 Å². The number of hydrogen-bond acceptors (Lipinski definition) is 5. The first-order valence-electron chi connectivity index (χ1n) is 12.8. The topological polar surface area (TPSA) is 66.8 Å². The van der Waals surface area contributed by atoms with Crippen LogP contribution in [0, 0.1) is 0 Å². The number of piperazine rings is 1.